The second-order valence-electron chi connectivity index (χ2n) is 2.83. The predicted molar refractivity (Wildman–Crippen MR) is 52.8 cm³/mol. The van der Waals surface area contributed by atoms with Crippen molar-refractivity contribution >= 4 is 0 Å². The molecule has 1 heteroatoms. The number of hydrogen-bond acceptors (Lipinski definition) is 0. The lowest BCUT2D eigenvalue weighted by molar-refractivity contribution is 0.627. The second-order valence-corrected chi connectivity index (χ2v) is 2.83. The van der Waals surface area contributed by atoms with Crippen LogP contribution in [0.15, 0.2) is 24.3 Å². The van der Waals surface area contributed by atoms with Gasteiger partial charge in [0.1, 0.15) is 5.82 Å². The van der Waals surface area contributed by atoms with Crippen molar-refractivity contribution in [3.8, 4) is 11.8 Å². The van der Waals surface area contributed by atoms with E-state index in [0.29, 0.717) is 0 Å². The summed E-state index contributed by atoms with van der Waals surface area (Å²) in [7, 11) is 0. The fraction of sp³-hybridized carbons (Fsp3) is 0.333. The zero-order valence-corrected chi connectivity index (χ0v) is 7.81. The minimum atomic E-state index is -0.177. The molecule has 0 unspecified atom stereocenters. The Balaban J connectivity index is 2.41. The van der Waals surface area contributed by atoms with E-state index >= 15 is 0 Å². The standard InChI is InChI=1S/C12H13F/c1-2-3-4-5-6-11-7-9-12(13)10-8-11/h7-10H,2,5-6H2,1H3. The fourth-order valence-electron chi connectivity index (χ4n) is 1.07. The Kier molecular flexibility index (Phi) is 4.05. The van der Waals surface area contributed by atoms with Gasteiger partial charge in [-0.05, 0) is 24.1 Å². The molecular formula is C12H13F. The van der Waals surface area contributed by atoms with E-state index in [2.05, 4.69) is 11.8 Å². The van der Waals surface area contributed by atoms with E-state index in [9.17, 15) is 4.39 Å². The molecule has 0 spiro atoms. The van der Waals surface area contributed by atoms with Crippen LogP contribution in [0.25, 0.3) is 0 Å². The molecule has 0 saturated heterocycles. The lowest BCUT2D eigenvalue weighted by Gasteiger charge is -1.95. The van der Waals surface area contributed by atoms with Crippen LogP contribution in [-0.2, 0) is 6.42 Å². The van der Waals surface area contributed by atoms with Crippen LogP contribution < -0.4 is 0 Å². The van der Waals surface area contributed by atoms with Gasteiger partial charge in [-0.2, -0.15) is 0 Å². The summed E-state index contributed by atoms with van der Waals surface area (Å²) in [4.78, 5) is 0. The molecule has 0 aromatic heterocycles. The number of hydrogen-bond donors (Lipinski definition) is 0. The first kappa shape index (κ1) is 9.80. The van der Waals surface area contributed by atoms with Gasteiger partial charge in [0.15, 0.2) is 0 Å². The van der Waals surface area contributed by atoms with Crippen LogP contribution in [0.5, 0.6) is 0 Å². The van der Waals surface area contributed by atoms with Crippen LogP contribution in [-0.4, -0.2) is 0 Å². The van der Waals surface area contributed by atoms with Gasteiger partial charge in [0, 0.05) is 12.8 Å². The van der Waals surface area contributed by atoms with Crippen molar-refractivity contribution in [3.63, 3.8) is 0 Å². The van der Waals surface area contributed by atoms with E-state index in [-0.39, 0.29) is 5.82 Å². The molecule has 0 nitrogen and oxygen atoms in total. The minimum Gasteiger partial charge on any atom is -0.207 e. The Labute approximate surface area is 78.8 Å². The first-order valence-corrected chi connectivity index (χ1v) is 4.53. The number of aryl methyl sites for hydroxylation is 1. The van der Waals surface area contributed by atoms with Gasteiger partial charge >= 0.3 is 0 Å². The summed E-state index contributed by atoms with van der Waals surface area (Å²) in [5, 5.41) is 0. The molecule has 0 aliphatic carbocycles. The quantitative estimate of drug-likeness (QED) is 0.607. The van der Waals surface area contributed by atoms with E-state index in [1.807, 2.05) is 19.1 Å². The second kappa shape index (κ2) is 5.37. The Morgan fingerprint density at radius 1 is 1.15 bits per heavy atom. The zero-order chi connectivity index (χ0) is 9.52. The lowest BCUT2D eigenvalue weighted by Crippen LogP contribution is -1.83. The van der Waals surface area contributed by atoms with E-state index in [1.54, 1.807) is 0 Å². The third-order valence-electron chi connectivity index (χ3n) is 1.75. The van der Waals surface area contributed by atoms with Crippen molar-refractivity contribution in [2.45, 2.75) is 26.2 Å². The monoisotopic (exact) mass is 176 g/mol. The number of benzene rings is 1. The van der Waals surface area contributed by atoms with Crippen molar-refractivity contribution < 1.29 is 4.39 Å². The van der Waals surface area contributed by atoms with Crippen molar-refractivity contribution in [2.75, 3.05) is 0 Å². The molecule has 13 heavy (non-hydrogen) atoms. The molecule has 68 valence electrons. The van der Waals surface area contributed by atoms with Gasteiger partial charge in [-0.1, -0.05) is 19.1 Å². The van der Waals surface area contributed by atoms with Crippen molar-refractivity contribution in [2.24, 2.45) is 0 Å². The Morgan fingerprint density at radius 2 is 1.85 bits per heavy atom. The van der Waals surface area contributed by atoms with Crippen LogP contribution >= 0.6 is 0 Å². The van der Waals surface area contributed by atoms with Crippen LogP contribution in [0.2, 0.25) is 0 Å². The molecule has 1 rings (SSSR count). The van der Waals surface area contributed by atoms with Crippen molar-refractivity contribution in [1.29, 1.82) is 0 Å². The van der Waals surface area contributed by atoms with Gasteiger partial charge in [-0.25, -0.2) is 4.39 Å². The van der Waals surface area contributed by atoms with E-state index in [0.717, 1.165) is 24.8 Å². The highest BCUT2D eigenvalue weighted by molar-refractivity contribution is 5.17. The highest BCUT2D eigenvalue weighted by Crippen LogP contribution is 2.04. The SMILES string of the molecule is CCC#CCCc1ccc(F)cc1. The number of halogens is 1. The van der Waals surface area contributed by atoms with Gasteiger partial charge in [-0.3, -0.25) is 0 Å². The smallest absolute Gasteiger partial charge is 0.123 e. The third-order valence-corrected chi connectivity index (χ3v) is 1.75. The first-order chi connectivity index (χ1) is 6.33. The summed E-state index contributed by atoms with van der Waals surface area (Å²) in [6.07, 6.45) is 2.68. The largest absolute Gasteiger partial charge is 0.207 e. The summed E-state index contributed by atoms with van der Waals surface area (Å²) < 4.78 is 12.5. The molecule has 1 aromatic carbocycles. The van der Waals surface area contributed by atoms with E-state index < -0.39 is 0 Å². The molecule has 0 heterocycles. The maximum atomic E-state index is 12.5. The summed E-state index contributed by atoms with van der Waals surface area (Å²) >= 11 is 0. The van der Waals surface area contributed by atoms with Crippen LogP contribution in [0.1, 0.15) is 25.3 Å². The predicted octanol–water partition coefficient (Wildman–Crippen LogP) is 3.17. The molecule has 0 bridgehead atoms. The van der Waals surface area contributed by atoms with Crippen LogP contribution in [0.4, 0.5) is 4.39 Å². The average molecular weight is 176 g/mol. The van der Waals surface area contributed by atoms with E-state index in [4.69, 9.17) is 0 Å². The van der Waals surface area contributed by atoms with Crippen LogP contribution in [0, 0.1) is 17.7 Å². The fourth-order valence-corrected chi connectivity index (χ4v) is 1.07. The summed E-state index contributed by atoms with van der Waals surface area (Å²) in [6, 6.07) is 6.59. The van der Waals surface area contributed by atoms with Gasteiger partial charge in [0.2, 0.25) is 0 Å². The minimum absolute atomic E-state index is 0.177. The Morgan fingerprint density at radius 3 is 2.46 bits per heavy atom. The average Bonchev–Trinajstić information content (AvgIpc) is 2.15. The van der Waals surface area contributed by atoms with Crippen LogP contribution in [0.3, 0.4) is 0 Å². The first-order valence-electron chi connectivity index (χ1n) is 4.53. The maximum Gasteiger partial charge on any atom is 0.123 e. The normalized spacial score (nSPS) is 9.08. The molecule has 0 N–H and O–H groups in total. The summed E-state index contributed by atoms with van der Waals surface area (Å²) in [6.45, 7) is 2.03. The molecule has 0 aliphatic heterocycles. The summed E-state index contributed by atoms with van der Waals surface area (Å²) in [5.74, 6) is 5.88. The highest BCUT2D eigenvalue weighted by atomic mass is 19.1. The highest BCUT2D eigenvalue weighted by Gasteiger charge is 1.91. The molecule has 0 saturated carbocycles. The van der Waals surface area contributed by atoms with Crippen molar-refractivity contribution in [1.82, 2.24) is 0 Å². The van der Waals surface area contributed by atoms with Gasteiger partial charge in [0.25, 0.3) is 0 Å². The van der Waals surface area contributed by atoms with Crippen molar-refractivity contribution in [3.05, 3.63) is 35.6 Å². The molecule has 0 atom stereocenters. The topological polar surface area (TPSA) is 0 Å². The Bertz CT molecular complexity index is 300. The molecule has 0 amide bonds. The third kappa shape index (κ3) is 3.75. The molecule has 0 aliphatic rings. The number of rotatable bonds is 2. The molecule has 0 fully saturated rings. The molecular weight excluding hydrogens is 163 g/mol. The van der Waals surface area contributed by atoms with Gasteiger partial charge in [-0.15, -0.1) is 11.8 Å². The molecule has 0 radical (unpaired) electrons. The maximum absolute atomic E-state index is 12.5. The van der Waals surface area contributed by atoms with Gasteiger partial charge in [0.05, 0.1) is 0 Å². The summed E-state index contributed by atoms with van der Waals surface area (Å²) in [5.41, 5.74) is 1.15. The Hall–Kier alpha value is -1.29. The zero-order valence-electron chi connectivity index (χ0n) is 7.81. The van der Waals surface area contributed by atoms with E-state index in [1.165, 1.54) is 12.1 Å². The lowest BCUT2D eigenvalue weighted by atomic mass is 10.1. The molecule has 1 aromatic rings. The van der Waals surface area contributed by atoms with Gasteiger partial charge < -0.3 is 0 Å².